The van der Waals surface area contributed by atoms with Crippen LogP contribution in [0.25, 0.3) is 0 Å². The third-order valence-corrected chi connectivity index (χ3v) is 1.13. The number of hydrogen-bond donors (Lipinski definition) is 1. The van der Waals surface area contributed by atoms with Gasteiger partial charge in [0.25, 0.3) is 0 Å². The zero-order valence-corrected chi connectivity index (χ0v) is 5.65. The Morgan fingerprint density at radius 2 is 2.11 bits per heavy atom. The highest BCUT2D eigenvalue weighted by Crippen LogP contribution is 1.92. The van der Waals surface area contributed by atoms with Crippen molar-refractivity contribution in [1.82, 2.24) is 5.32 Å². The van der Waals surface area contributed by atoms with E-state index >= 15 is 0 Å². The van der Waals surface area contributed by atoms with E-state index in [4.69, 9.17) is 0 Å². The van der Waals surface area contributed by atoms with Crippen LogP contribution < -0.4 is 5.32 Å². The lowest BCUT2D eigenvalue weighted by molar-refractivity contribution is -0.119. The van der Waals surface area contributed by atoms with Crippen LogP contribution in [0.2, 0.25) is 0 Å². The molecule has 1 aliphatic heterocycles. The van der Waals surface area contributed by atoms with Gasteiger partial charge in [0.15, 0.2) is 0 Å². The fraction of sp³-hybridized carbons (Fsp3) is 0.571. The molecule has 0 aromatic rings. The first kappa shape index (κ1) is 8.37. The third kappa shape index (κ3) is 3.91. The van der Waals surface area contributed by atoms with Crippen LogP contribution in [0.3, 0.4) is 0 Å². The van der Waals surface area contributed by atoms with Crippen LogP contribution >= 0.6 is 0 Å². The first-order valence-corrected chi connectivity index (χ1v) is 3.12. The van der Waals surface area contributed by atoms with Crippen molar-refractivity contribution in [2.45, 2.75) is 12.8 Å². The molecule has 0 atom stereocenters. The van der Waals surface area contributed by atoms with E-state index < -0.39 is 0 Å². The molecule has 9 heavy (non-hydrogen) atoms. The summed E-state index contributed by atoms with van der Waals surface area (Å²) in [4.78, 5) is 10.4. The highest BCUT2D eigenvalue weighted by Gasteiger charge is 2.04. The van der Waals surface area contributed by atoms with Gasteiger partial charge in [-0.15, -0.1) is 13.2 Å². The summed E-state index contributed by atoms with van der Waals surface area (Å²) in [6.45, 7) is 7.62. The predicted octanol–water partition coefficient (Wildman–Crippen LogP) is 0.741. The molecule has 1 N–H and O–H groups in total. The fourth-order valence-electron chi connectivity index (χ4n) is 0.727. The van der Waals surface area contributed by atoms with Crippen LogP contribution in [0.15, 0.2) is 13.2 Å². The Balaban J connectivity index is 0.000000291. The second-order valence-electron chi connectivity index (χ2n) is 1.82. The van der Waals surface area contributed by atoms with Gasteiger partial charge in [0, 0.05) is 6.42 Å². The first-order chi connectivity index (χ1) is 4.39. The molecule has 1 rings (SSSR count). The molecular formula is C7H13NO. The largest absolute Gasteiger partial charge is 0.310 e. The van der Waals surface area contributed by atoms with Crippen molar-refractivity contribution in [2.75, 3.05) is 13.1 Å². The van der Waals surface area contributed by atoms with Crippen molar-refractivity contribution >= 4 is 5.78 Å². The van der Waals surface area contributed by atoms with Gasteiger partial charge in [-0.2, -0.15) is 0 Å². The lowest BCUT2D eigenvalue weighted by Gasteiger charge is -2.08. The van der Waals surface area contributed by atoms with Crippen LogP contribution in [0.5, 0.6) is 0 Å². The van der Waals surface area contributed by atoms with Gasteiger partial charge in [-0.3, -0.25) is 4.79 Å². The van der Waals surface area contributed by atoms with Crippen molar-refractivity contribution in [2.24, 2.45) is 0 Å². The van der Waals surface area contributed by atoms with Gasteiger partial charge in [0.05, 0.1) is 6.54 Å². The molecule has 1 saturated heterocycles. The van der Waals surface area contributed by atoms with Crippen LogP contribution in [0, 0.1) is 0 Å². The summed E-state index contributed by atoms with van der Waals surface area (Å²) in [5.41, 5.74) is 0. The summed E-state index contributed by atoms with van der Waals surface area (Å²) < 4.78 is 0. The summed E-state index contributed by atoms with van der Waals surface area (Å²) in [6.07, 6.45) is 1.81. The van der Waals surface area contributed by atoms with Gasteiger partial charge in [0.1, 0.15) is 5.78 Å². The number of Topliss-reactive ketones (excluding diaryl/α,β-unsaturated/α-hetero) is 1. The molecule has 0 radical (unpaired) electrons. The van der Waals surface area contributed by atoms with E-state index in [1.54, 1.807) is 0 Å². The molecule has 1 aliphatic rings. The minimum Gasteiger partial charge on any atom is -0.310 e. The third-order valence-electron chi connectivity index (χ3n) is 1.13. The van der Waals surface area contributed by atoms with E-state index in [0.29, 0.717) is 12.3 Å². The fourth-order valence-corrected chi connectivity index (χ4v) is 0.727. The highest BCUT2D eigenvalue weighted by molar-refractivity contribution is 5.80. The Bertz CT molecular complexity index is 82.9. The standard InChI is InChI=1S/C5H9NO.C2H4/c7-5-2-1-3-6-4-5;1-2/h6H,1-4H2;1-2H2. The smallest absolute Gasteiger partial charge is 0.146 e. The molecule has 0 aliphatic carbocycles. The number of nitrogens with one attached hydrogen (secondary N) is 1. The molecule has 1 heterocycles. The zero-order valence-electron chi connectivity index (χ0n) is 5.65. The first-order valence-electron chi connectivity index (χ1n) is 3.12. The quantitative estimate of drug-likeness (QED) is 0.486. The maximum absolute atomic E-state index is 10.4. The molecule has 2 heteroatoms. The lowest BCUT2D eigenvalue weighted by atomic mass is 10.1. The van der Waals surface area contributed by atoms with Gasteiger partial charge in [-0.25, -0.2) is 0 Å². The number of piperidine rings is 1. The average Bonchev–Trinajstić information content (AvgIpc) is 1.94. The minimum atomic E-state index is 0.353. The molecule has 0 saturated carbocycles. The molecule has 0 aromatic carbocycles. The molecule has 2 nitrogen and oxygen atoms in total. The average molecular weight is 127 g/mol. The van der Waals surface area contributed by atoms with E-state index in [0.717, 1.165) is 19.4 Å². The lowest BCUT2D eigenvalue weighted by Crippen LogP contribution is -2.29. The van der Waals surface area contributed by atoms with Crippen molar-refractivity contribution in [3.05, 3.63) is 13.2 Å². The zero-order chi connectivity index (χ0) is 7.11. The second kappa shape index (κ2) is 5.51. The van der Waals surface area contributed by atoms with E-state index in [2.05, 4.69) is 18.5 Å². The summed E-state index contributed by atoms with van der Waals surface area (Å²) in [5, 5.41) is 2.98. The minimum absolute atomic E-state index is 0.353. The maximum Gasteiger partial charge on any atom is 0.146 e. The number of hydrogen-bond acceptors (Lipinski definition) is 2. The van der Waals surface area contributed by atoms with E-state index in [9.17, 15) is 4.79 Å². The molecule has 52 valence electrons. The second-order valence-corrected chi connectivity index (χ2v) is 1.82. The van der Waals surface area contributed by atoms with Crippen LogP contribution in [0.4, 0.5) is 0 Å². The van der Waals surface area contributed by atoms with E-state index in [1.807, 2.05) is 0 Å². The molecule has 0 unspecified atom stereocenters. The summed E-state index contributed by atoms with van der Waals surface area (Å²) in [5.74, 6) is 0.353. The molecule has 0 aromatic heterocycles. The topological polar surface area (TPSA) is 29.1 Å². The Morgan fingerprint density at radius 3 is 2.33 bits per heavy atom. The van der Waals surface area contributed by atoms with E-state index in [1.165, 1.54) is 0 Å². The molecule has 1 fully saturated rings. The summed E-state index contributed by atoms with van der Waals surface area (Å²) >= 11 is 0. The normalized spacial score (nSPS) is 18.0. The Kier molecular flexibility index (Phi) is 5.12. The number of rotatable bonds is 0. The van der Waals surface area contributed by atoms with Gasteiger partial charge >= 0.3 is 0 Å². The van der Waals surface area contributed by atoms with Gasteiger partial charge < -0.3 is 5.32 Å². The molecule has 0 bridgehead atoms. The predicted molar refractivity (Wildman–Crippen MR) is 38.4 cm³/mol. The van der Waals surface area contributed by atoms with E-state index in [-0.39, 0.29) is 0 Å². The highest BCUT2D eigenvalue weighted by atomic mass is 16.1. The summed E-state index contributed by atoms with van der Waals surface area (Å²) in [7, 11) is 0. The van der Waals surface area contributed by atoms with Crippen molar-refractivity contribution < 1.29 is 4.79 Å². The molecular weight excluding hydrogens is 114 g/mol. The molecule has 0 amide bonds. The number of carbonyl (C=O) groups excluding carboxylic acids is 1. The Labute approximate surface area is 56.0 Å². The van der Waals surface area contributed by atoms with Gasteiger partial charge in [-0.05, 0) is 13.0 Å². The Morgan fingerprint density at radius 1 is 1.44 bits per heavy atom. The SMILES string of the molecule is C=C.O=C1CCCNC1. The van der Waals surface area contributed by atoms with Crippen molar-refractivity contribution in [1.29, 1.82) is 0 Å². The number of carbonyl (C=O) groups is 1. The van der Waals surface area contributed by atoms with Crippen LogP contribution in [0.1, 0.15) is 12.8 Å². The van der Waals surface area contributed by atoms with Crippen molar-refractivity contribution in [3.63, 3.8) is 0 Å². The molecule has 0 spiro atoms. The van der Waals surface area contributed by atoms with Gasteiger partial charge in [0.2, 0.25) is 0 Å². The van der Waals surface area contributed by atoms with Gasteiger partial charge in [-0.1, -0.05) is 0 Å². The van der Waals surface area contributed by atoms with Crippen LogP contribution in [-0.4, -0.2) is 18.9 Å². The monoisotopic (exact) mass is 127 g/mol. The van der Waals surface area contributed by atoms with Crippen LogP contribution in [-0.2, 0) is 4.79 Å². The Hall–Kier alpha value is -0.630. The number of ketones is 1. The maximum atomic E-state index is 10.4. The summed E-state index contributed by atoms with van der Waals surface area (Å²) in [6, 6.07) is 0. The van der Waals surface area contributed by atoms with Crippen molar-refractivity contribution in [3.8, 4) is 0 Å².